The van der Waals surface area contributed by atoms with Gasteiger partial charge in [-0.2, -0.15) is 0 Å². The van der Waals surface area contributed by atoms with Crippen molar-refractivity contribution in [1.29, 1.82) is 0 Å². The Hall–Kier alpha value is -1.32. The van der Waals surface area contributed by atoms with E-state index in [2.05, 4.69) is 0 Å². The molecule has 0 saturated carbocycles. The predicted octanol–water partition coefficient (Wildman–Crippen LogP) is 3.07. The number of ketones is 1. The Kier molecular flexibility index (Phi) is 3.97. The number of hydrogen-bond donors (Lipinski definition) is 0. The fourth-order valence-electron chi connectivity index (χ4n) is 2.72. The van der Waals surface area contributed by atoms with E-state index in [1.807, 2.05) is 20.8 Å². The number of amides is 1. The van der Waals surface area contributed by atoms with Crippen molar-refractivity contribution >= 4 is 11.9 Å². The van der Waals surface area contributed by atoms with Gasteiger partial charge in [-0.15, -0.1) is 0 Å². The number of nitrogens with zero attached hydrogens (tertiary/aromatic N) is 1. The summed E-state index contributed by atoms with van der Waals surface area (Å²) in [5.41, 5.74) is 2.20. The van der Waals surface area contributed by atoms with E-state index < -0.39 is 5.60 Å². The minimum atomic E-state index is -0.514. The van der Waals surface area contributed by atoms with Crippen LogP contribution in [0.2, 0.25) is 0 Å². The molecule has 0 saturated heterocycles. The van der Waals surface area contributed by atoms with Crippen molar-refractivity contribution in [2.75, 3.05) is 13.1 Å². The minimum absolute atomic E-state index is 0.125. The number of Topliss-reactive ketones (excluding diaryl/α,β-unsaturated/α-hetero) is 1. The molecule has 0 radical (unpaired) electrons. The maximum atomic E-state index is 12.1. The van der Waals surface area contributed by atoms with E-state index in [4.69, 9.17) is 4.74 Å². The Bertz CT molecular complexity index is 418. The molecule has 0 aromatic carbocycles. The first-order valence-electron chi connectivity index (χ1n) is 7.04. The van der Waals surface area contributed by atoms with Gasteiger partial charge in [-0.25, -0.2) is 4.79 Å². The van der Waals surface area contributed by atoms with Crippen molar-refractivity contribution < 1.29 is 14.3 Å². The van der Waals surface area contributed by atoms with Crippen LogP contribution in [0.3, 0.4) is 0 Å². The number of allylic oxidation sites excluding steroid dienone is 1. The molecule has 1 aliphatic carbocycles. The third-order valence-electron chi connectivity index (χ3n) is 3.57. The monoisotopic (exact) mass is 265 g/mol. The van der Waals surface area contributed by atoms with Crippen molar-refractivity contribution in [2.24, 2.45) is 0 Å². The molecule has 1 amide bonds. The molecule has 0 unspecified atom stereocenters. The van der Waals surface area contributed by atoms with E-state index in [-0.39, 0.29) is 18.4 Å². The summed E-state index contributed by atoms with van der Waals surface area (Å²) in [5, 5.41) is 0. The van der Waals surface area contributed by atoms with Crippen LogP contribution in [-0.4, -0.2) is 35.5 Å². The van der Waals surface area contributed by atoms with E-state index in [0.717, 1.165) is 25.7 Å². The molecule has 0 fully saturated rings. The van der Waals surface area contributed by atoms with Crippen LogP contribution in [0.15, 0.2) is 11.1 Å². The normalized spacial score (nSPS) is 21.0. The van der Waals surface area contributed by atoms with E-state index >= 15 is 0 Å². The van der Waals surface area contributed by atoms with Crippen LogP contribution in [0, 0.1) is 0 Å². The number of hydrogen-bond acceptors (Lipinski definition) is 3. The van der Waals surface area contributed by atoms with Gasteiger partial charge in [0.15, 0.2) is 5.78 Å². The summed E-state index contributed by atoms with van der Waals surface area (Å²) >= 11 is 0. The van der Waals surface area contributed by atoms with Crippen LogP contribution in [0.5, 0.6) is 0 Å². The van der Waals surface area contributed by atoms with Crippen LogP contribution < -0.4 is 0 Å². The maximum Gasteiger partial charge on any atom is 0.410 e. The molecule has 0 N–H and O–H groups in total. The lowest BCUT2D eigenvalue weighted by atomic mass is 10.0. The molecule has 2 aliphatic rings. The lowest BCUT2D eigenvalue weighted by molar-refractivity contribution is -0.119. The second kappa shape index (κ2) is 5.35. The number of carbonyl (C=O) groups is 2. The highest BCUT2D eigenvalue weighted by molar-refractivity contribution is 5.86. The summed E-state index contributed by atoms with van der Waals surface area (Å²) in [7, 11) is 0. The molecular formula is C15H23NO3. The zero-order valence-electron chi connectivity index (χ0n) is 12.1. The smallest absolute Gasteiger partial charge is 0.410 e. The van der Waals surface area contributed by atoms with Crippen LogP contribution in [0.4, 0.5) is 4.79 Å². The van der Waals surface area contributed by atoms with Crippen LogP contribution in [-0.2, 0) is 9.53 Å². The molecule has 2 rings (SSSR count). The largest absolute Gasteiger partial charge is 0.444 e. The molecule has 1 heterocycles. The molecule has 1 aliphatic heterocycles. The molecule has 19 heavy (non-hydrogen) atoms. The van der Waals surface area contributed by atoms with Gasteiger partial charge in [-0.1, -0.05) is 11.1 Å². The topological polar surface area (TPSA) is 46.6 Å². The Morgan fingerprint density at radius 3 is 2.53 bits per heavy atom. The highest BCUT2D eigenvalue weighted by Gasteiger charge is 2.27. The predicted molar refractivity (Wildman–Crippen MR) is 72.9 cm³/mol. The van der Waals surface area contributed by atoms with Crippen LogP contribution in [0.1, 0.15) is 52.9 Å². The summed E-state index contributed by atoms with van der Waals surface area (Å²) in [6.07, 6.45) is 4.35. The van der Waals surface area contributed by atoms with E-state index in [0.29, 0.717) is 13.0 Å². The first-order chi connectivity index (χ1) is 8.85. The van der Waals surface area contributed by atoms with E-state index in [9.17, 15) is 9.59 Å². The minimum Gasteiger partial charge on any atom is -0.444 e. The van der Waals surface area contributed by atoms with E-state index in [1.165, 1.54) is 11.1 Å². The molecule has 0 aromatic rings. The highest BCUT2D eigenvalue weighted by atomic mass is 16.6. The Labute approximate surface area is 114 Å². The third kappa shape index (κ3) is 3.82. The first-order valence-corrected chi connectivity index (χ1v) is 7.04. The van der Waals surface area contributed by atoms with Gasteiger partial charge in [0, 0.05) is 13.0 Å². The van der Waals surface area contributed by atoms with Gasteiger partial charge in [0.2, 0.25) is 0 Å². The molecule has 0 spiro atoms. The van der Waals surface area contributed by atoms with Crippen molar-refractivity contribution in [3.8, 4) is 0 Å². The zero-order chi connectivity index (χ0) is 14.0. The Morgan fingerprint density at radius 2 is 1.84 bits per heavy atom. The fraction of sp³-hybridized carbons (Fsp3) is 0.733. The average Bonchev–Trinajstić information content (AvgIpc) is 2.65. The summed E-state index contributed by atoms with van der Waals surface area (Å²) in [4.78, 5) is 25.6. The quantitative estimate of drug-likeness (QED) is 0.632. The van der Waals surface area contributed by atoms with Crippen molar-refractivity contribution in [2.45, 2.75) is 58.5 Å². The summed E-state index contributed by atoms with van der Waals surface area (Å²) < 4.78 is 5.35. The van der Waals surface area contributed by atoms with Crippen molar-refractivity contribution in [3.05, 3.63) is 11.1 Å². The molecule has 0 atom stereocenters. The number of carbonyl (C=O) groups excluding carboxylic acids is 2. The van der Waals surface area contributed by atoms with E-state index in [1.54, 1.807) is 4.90 Å². The van der Waals surface area contributed by atoms with Gasteiger partial charge in [0.05, 0.1) is 6.54 Å². The standard InChI is InChI=1S/C15H23NO3/c1-15(2,3)19-14(18)16-8-7-11-5-4-6-12(11)9-13(17)10-16/h4-10H2,1-3H3. The second-order valence-corrected chi connectivity index (χ2v) is 6.43. The van der Waals surface area contributed by atoms with Crippen molar-refractivity contribution in [1.82, 2.24) is 4.90 Å². The van der Waals surface area contributed by atoms with Gasteiger partial charge in [-0.05, 0) is 46.5 Å². The average molecular weight is 265 g/mol. The second-order valence-electron chi connectivity index (χ2n) is 6.43. The molecule has 106 valence electrons. The third-order valence-corrected chi connectivity index (χ3v) is 3.57. The molecule has 4 heteroatoms. The van der Waals surface area contributed by atoms with Crippen molar-refractivity contribution in [3.63, 3.8) is 0 Å². The van der Waals surface area contributed by atoms with Gasteiger partial charge >= 0.3 is 6.09 Å². The lowest BCUT2D eigenvalue weighted by Gasteiger charge is -2.28. The Balaban J connectivity index is 2.04. The van der Waals surface area contributed by atoms with Gasteiger partial charge in [0.1, 0.15) is 5.60 Å². The Morgan fingerprint density at radius 1 is 1.16 bits per heavy atom. The molecule has 4 nitrogen and oxygen atoms in total. The number of rotatable bonds is 0. The maximum absolute atomic E-state index is 12.1. The number of ether oxygens (including phenoxy) is 1. The molecule has 0 bridgehead atoms. The van der Waals surface area contributed by atoms with Crippen LogP contribution >= 0.6 is 0 Å². The molecular weight excluding hydrogens is 242 g/mol. The molecule has 0 aromatic heterocycles. The SMILES string of the molecule is CC(C)(C)OC(=O)N1CCC2=C(CCC2)CC(=O)C1. The summed E-state index contributed by atoms with van der Waals surface area (Å²) in [6, 6.07) is 0. The zero-order valence-corrected chi connectivity index (χ0v) is 12.1. The van der Waals surface area contributed by atoms with Gasteiger partial charge < -0.3 is 9.64 Å². The lowest BCUT2D eigenvalue weighted by Crippen LogP contribution is -2.41. The highest BCUT2D eigenvalue weighted by Crippen LogP contribution is 2.32. The van der Waals surface area contributed by atoms with Crippen LogP contribution in [0.25, 0.3) is 0 Å². The first kappa shape index (κ1) is 14.1. The summed E-state index contributed by atoms with van der Waals surface area (Å²) in [5.74, 6) is 0.125. The fourth-order valence-corrected chi connectivity index (χ4v) is 2.72. The van der Waals surface area contributed by atoms with Gasteiger partial charge in [-0.3, -0.25) is 4.79 Å². The van der Waals surface area contributed by atoms with Gasteiger partial charge in [0.25, 0.3) is 0 Å². The summed E-state index contributed by atoms with van der Waals surface area (Å²) in [6.45, 7) is 6.31.